The molecule has 2 aromatic rings. The van der Waals surface area contributed by atoms with Crippen molar-refractivity contribution in [3.63, 3.8) is 0 Å². The van der Waals surface area contributed by atoms with Gasteiger partial charge in [0.2, 0.25) is 10.0 Å². The molecule has 0 unspecified atom stereocenters. The lowest BCUT2D eigenvalue weighted by Gasteiger charge is -2.03. The Morgan fingerprint density at radius 1 is 1.30 bits per heavy atom. The van der Waals surface area contributed by atoms with Crippen LogP contribution in [-0.2, 0) is 32.6 Å². The van der Waals surface area contributed by atoms with Crippen LogP contribution in [0, 0.1) is 12.8 Å². The van der Waals surface area contributed by atoms with E-state index in [4.69, 9.17) is 9.26 Å². The maximum absolute atomic E-state index is 11.9. The topological polar surface area (TPSA) is 111 Å². The Labute approximate surface area is 158 Å². The zero-order valence-corrected chi connectivity index (χ0v) is 16.3. The number of nitrogens with one attached hydrogen (secondary N) is 1. The number of carbonyl (C=O) groups is 1. The van der Waals surface area contributed by atoms with Crippen LogP contribution in [0.15, 0.2) is 34.2 Å². The third kappa shape index (κ3) is 7.71. The minimum absolute atomic E-state index is 0.168. The number of benzene rings is 1. The number of ether oxygens (including phenoxy) is 1. The first kappa shape index (κ1) is 20.8. The quantitative estimate of drug-likeness (QED) is 0.650. The molecule has 9 heteroatoms. The molecule has 1 aromatic carbocycles. The van der Waals surface area contributed by atoms with E-state index in [2.05, 4.69) is 14.9 Å². The molecule has 0 spiro atoms. The van der Waals surface area contributed by atoms with Gasteiger partial charge in [-0.25, -0.2) is 13.1 Å². The Bertz CT molecular complexity index is 886. The van der Waals surface area contributed by atoms with E-state index in [-0.39, 0.29) is 12.5 Å². The van der Waals surface area contributed by atoms with Crippen molar-refractivity contribution in [3.8, 4) is 0 Å². The normalized spacial score (nSPS) is 12.0. The van der Waals surface area contributed by atoms with Crippen molar-refractivity contribution >= 4 is 22.1 Å². The summed E-state index contributed by atoms with van der Waals surface area (Å²) in [5.74, 6) is 0.338. The van der Waals surface area contributed by atoms with E-state index in [0.29, 0.717) is 18.2 Å². The third-order valence-electron chi connectivity index (χ3n) is 3.39. The highest BCUT2D eigenvalue weighted by Gasteiger charge is 2.13. The van der Waals surface area contributed by atoms with Gasteiger partial charge in [-0.2, -0.15) is 4.98 Å². The summed E-state index contributed by atoms with van der Waals surface area (Å²) in [6, 6.07) is 7.35. The van der Waals surface area contributed by atoms with Gasteiger partial charge >= 0.3 is 5.97 Å². The first-order chi connectivity index (χ1) is 12.7. The van der Waals surface area contributed by atoms with Gasteiger partial charge in [-0.05, 0) is 24.5 Å². The monoisotopic (exact) mass is 393 g/mol. The minimum Gasteiger partial charge on any atom is -0.455 e. The maximum Gasteiger partial charge on any atom is 0.321 e. The number of esters is 1. The van der Waals surface area contributed by atoms with Gasteiger partial charge in [-0.15, -0.1) is 0 Å². The molecule has 1 aromatic heterocycles. The molecule has 2 rings (SSSR count). The molecule has 1 N–H and O–H groups in total. The summed E-state index contributed by atoms with van der Waals surface area (Å²) in [6.45, 7) is 5.29. The van der Waals surface area contributed by atoms with Crippen molar-refractivity contribution < 1.29 is 22.5 Å². The SMILES string of the molecule is Cc1ccc(/C=C/S(=O)(=O)NCC(=O)OCc2nc(CC(C)C)no2)cc1. The molecular formula is C18H23N3O5S. The zero-order valence-electron chi connectivity index (χ0n) is 15.5. The van der Waals surface area contributed by atoms with Crippen molar-refractivity contribution in [2.24, 2.45) is 5.92 Å². The van der Waals surface area contributed by atoms with E-state index in [1.807, 2.05) is 32.9 Å². The van der Waals surface area contributed by atoms with E-state index in [1.54, 1.807) is 12.1 Å². The summed E-state index contributed by atoms with van der Waals surface area (Å²) < 4.78 is 35.9. The van der Waals surface area contributed by atoms with Gasteiger partial charge in [-0.1, -0.05) is 48.8 Å². The molecular weight excluding hydrogens is 370 g/mol. The van der Waals surface area contributed by atoms with Crippen LogP contribution < -0.4 is 4.72 Å². The van der Waals surface area contributed by atoms with E-state index in [1.165, 1.54) is 6.08 Å². The highest BCUT2D eigenvalue weighted by Crippen LogP contribution is 2.07. The lowest BCUT2D eigenvalue weighted by Crippen LogP contribution is -2.29. The summed E-state index contributed by atoms with van der Waals surface area (Å²) in [5.41, 5.74) is 1.82. The number of hydrogen-bond donors (Lipinski definition) is 1. The number of rotatable bonds is 9. The van der Waals surface area contributed by atoms with Gasteiger partial charge in [0.15, 0.2) is 12.4 Å². The fraction of sp³-hybridized carbons (Fsp3) is 0.389. The van der Waals surface area contributed by atoms with Crippen molar-refractivity contribution in [2.75, 3.05) is 6.54 Å². The van der Waals surface area contributed by atoms with Gasteiger partial charge in [0.05, 0.1) is 0 Å². The zero-order chi connectivity index (χ0) is 19.9. The molecule has 0 bridgehead atoms. The van der Waals surface area contributed by atoms with Crippen LogP contribution in [0.25, 0.3) is 6.08 Å². The fourth-order valence-corrected chi connectivity index (χ4v) is 2.79. The van der Waals surface area contributed by atoms with Gasteiger partial charge in [0, 0.05) is 11.8 Å². The number of hydrogen-bond acceptors (Lipinski definition) is 7. The highest BCUT2D eigenvalue weighted by molar-refractivity contribution is 7.92. The fourth-order valence-electron chi connectivity index (χ4n) is 2.04. The molecule has 0 fully saturated rings. The highest BCUT2D eigenvalue weighted by atomic mass is 32.2. The predicted octanol–water partition coefficient (Wildman–Crippen LogP) is 2.21. The van der Waals surface area contributed by atoms with Crippen LogP contribution in [0.3, 0.4) is 0 Å². The largest absolute Gasteiger partial charge is 0.455 e. The van der Waals surface area contributed by atoms with Gasteiger partial charge in [-0.3, -0.25) is 4.79 Å². The molecule has 1 heterocycles. The molecule has 146 valence electrons. The van der Waals surface area contributed by atoms with E-state index in [0.717, 1.165) is 16.5 Å². The maximum atomic E-state index is 11.9. The number of carbonyl (C=O) groups excluding carboxylic acids is 1. The molecule has 0 radical (unpaired) electrons. The second-order valence-electron chi connectivity index (χ2n) is 6.44. The Morgan fingerprint density at radius 3 is 2.67 bits per heavy atom. The first-order valence-electron chi connectivity index (χ1n) is 8.45. The predicted molar refractivity (Wildman–Crippen MR) is 99.8 cm³/mol. The van der Waals surface area contributed by atoms with Crippen LogP contribution >= 0.6 is 0 Å². The van der Waals surface area contributed by atoms with E-state index in [9.17, 15) is 13.2 Å². The number of sulfonamides is 1. The molecule has 0 aliphatic rings. The second-order valence-corrected chi connectivity index (χ2v) is 8.09. The first-order valence-corrected chi connectivity index (χ1v) is 9.99. The molecule has 0 saturated heterocycles. The van der Waals surface area contributed by atoms with Gasteiger partial charge < -0.3 is 9.26 Å². The summed E-state index contributed by atoms with van der Waals surface area (Å²) in [4.78, 5) is 15.8. The van der Waals surface area contributed by atoms with Crippen LogP contribution in [0.4, 0.5) is 0 Å². The van der Waals surface area contributed by atoms with Crippen LogP contribution in [0.1, 0.15) is 36.7 Å². The van der Waals surface area contributed by atoms with Crippen molar-refractivity contribution in [1.29, 1.82) is 0 Å². The third-order valence-corrected chi connectivity index (χ3v) is 4.43. The molecule has 0 atom stereocenters. The van der Waals surface area contributed by atoms with Crippen LogP contribution in [0.2, 0.25) is 0 Å². The number of aryl methyl sites for hydroxylation is 1. The Morgan fingerprint density at radius 2 is 2.00 bits per heavy atom. The smallest absolute Gasteiger partial charge is 0.321 e. The van der Waals surface area contributed by atoms with Gasteiger partial charge in [0.1, 0.15) is 6.54 Å². The molecule has 0 saturated carbocycles. The number of nitrogens with zero attached hydrogens (tertiary/aromatic N) is 2. The Kier molecular flexibility index (Phi) is 7.26. The van der Waals surface area contributed by atoms with Crippen molar-refractivity contribution in [1.82, 2.24) is 14.9 Å². The standard InChI is InChI=1S/C18H23N3O5S/c1-13(2)10-16-20-17(26-21-16)12-25-18(22)11-19-27(23,24)9-8-15-6-4-14(3)5-7-15/h4-9,13,19H,10-12H2,1-3H3/b9-8+. The van der Waals surface area contributed by atoms with E-state index >= 15 is 0 Å². The average Bonchev–Trinajstić information content (AvgIpc) is 3.04. The molecule has 0 aliphatic carbocycles. The molecule has 0 amide bonds. The van der Waals surface area contributed by atoms with E-state index < -0.39 is 22.5 Å². The lowest BCUT2D eigenvalue weighted by atomic mass is 10.1. The summed E-state index contributed by atoms with van der Waals surface area (Å²) >= 11 is 0. The van der Waals surface area contributed by atoms with Crippen LogP contribution in [0.5, 0.6) is 0 Å². The molecule has 0 aliphatic heterocycles. The summed E-state index contributed by atoms with van der Waals surface area (Å²) in [6.07, 6.45) is 2.10. The lowest BCUT2D eigenvalue weighted by molar-refractivity contribution is -0.144. The summed E-state index contributed by atoms with van der Waals surface area (Å²) in [7, 11) is -3.76. The minimum atomic E-state index is -3.76. The Balaban J connectivity index is 1.78. The van der Waals surface area contributed by atoms with Crippen molar-refractivity contribution in [2.45, 2.75) is 33.8 Å². The van der Waals surface area contributed by atoms with Crippen molar-refractivity contribution in [3.05, 3.63) is 52.5 Å². The van der Waals surface area contributed by atoms with Gasteiger partial charge in [0.25, 0.3) is 5.89 Å². The Hall–Kier alpha value is -2.52. The molecule has 8 nitrogen and oxygen atoms in total. The summed E-state index contributed by atoms with van der Waals surface area (Å²) in [5, 5.41) is 4.78. The second kappa shape index (κ2) is 9.43. The van der Waals surface area contributed by atoms with Crippen LogP contribution in [-0.4, -0.2) is 31.1 Å². The number of aromatic nitrogens is 2. The molecule has 27 heavy (non-hydrogen) atoms. The average molecular weight is 393 g/mol.